The number of hydrogen-bond acceptors (Lipinski definition) is 10. The van der Waals surface area contributed by atoms with Crippen LogP contribution in [0.5, 0.6) is 5.88 Å². The average molecular weight is 700 g/mol. The number of rotatable bonds is 11. The number of nitrogens with two attached hydrogens (primary N) is 1. The maximum atomic E-state index is 14.4. The summed E-state index contributed by atoms with van der Waals surface area (Å²) in [6.45, 7) is 14.6. The number of aromatic nitrogens is 4. The summed E-state index contributed by atoms with van der Waals surface area (Å²) >= 11 is 1.58. The summed E-state index contributed by atoms with van der Waals surface area (Å²) in [7, 11) is 1.81. The Balaban J connectivity index is 1.69. The van der Waals surface area contributed by atoms with Gasteiger partial charge in [-0.1, -0.05) is 34.1 Å². The first-order valence-corrected chi connectivity index (χ1v) is 17.5. The number of amides is 5. The molecule has 2 aromatic heterocycles. The van der Waals surface area contributed by atoms with Crippen LogP contribution in [0, 0.1) is 12.3 Å². The molecule has 1 saturated heterocycles. The molecular formula is C33H49N9O6S. The molecule has 4 rings (SSSR count). The van der Waals surface area contributed by atoms with Gasteiger partial charge >= 0.3 is 6.03 Å². The number of nitrogens with zero attached hydrogens (tertiary/aromatic N) is 5. The highest BCUT2D eigenvalue weighted by atomic mass is 32.2. The van der Waals surface area contributed by atoms with Crippen molar-refractivity contribution in [3.8, 4) is 17.4 Å². The smallest absolute Gasteiger partial charge is 0.315 e. The van der Waals surface area contributed by atoms with Gasteiger partial charge in [0.2, 0.25) is 23.5 Å². The molecule has 49 heavy (non-hydrogen) atoms. The Morgan fingerprint density at radius 2 is 1.80 bits per heavy atom. The van der Waals surface area contributed by atoms with Gasteiger partial charge in [-0.25, -0.2) is 9.78 Å². The largest absolute Gasteiger partial charge is 0.471 e. The Kier molecular flexibility index (Phi) is 11.3. The molecule has 0 unspecified atom stereocenters. The molecule has 0 aliphatic carbocycles. The lowest BCUT2D eigenvalue weighted by Crippen LogP contribution is -2.61. The van der Waals surface area contributed by atoms with Crippen LogP contribution in [0.4, 0.5) is 4.79 Å². The highest BCUT2D eigenvalue weighted by Crippen LogP contribution is 2.39. The lowest BCUT2D eigenvalue weighted by Gasteiger charge is -2.36. The molecule has 0 spiro atoms. The summed E-state index contributed by atoms with van der Waals surface area (Å²) < 4.78 is 8.23. The number of urea groups is 1. The van der Waals surface area contributed by atoms with E-state index in [2.05, 4.69) is 21.0 Å². The molecule has 1 fully saturated rings. The van der Waals surface area contributed by atoms with E-state index >= 15 is 0 Å². The van der Waals surface area contributed by atoms with Crippen molar-refractivity contribution in [1.82, 2.24) is 40.6 Å². The number of nitrogens with one attached hydrogen (secondary N) is 3. The van der Waals surface area contributed by atoms with Crippen LogP contribution < -0.4 is 26.4 Å². The van der Waals surface area contributed by atoms with Crippen molar-refractivity contribution >= 4 is 41.3 Å². The average Bonchev–Trinajstić information content (AvgIpc) is 3.71. The Morgan fingerprint density at radius 1 is 1.10 bits per heavy atom. The standard InChI is InChI=1S/C33H49N9O6S/c1-10-11-19(23(43)26(34)44)36-28(45)22-15-18(16-42(22)30(46)25(32(3,4)5)37-31(47)39-33(6,7)8)48-29-24-20(12-13-49-24)35-27(38-29)21-14-17(2)40-41(21)9/h14,18-19,22,25H,10-13,15-16H2,1-9H3,(H2,34,44)(H,36,45)(H2,37,39,47)/t18-,19+,22+,25-/m1/s1. The molecule has 5 amide bonds. The number of thioether (sulfide) groups is 1. The minimum atomic E-state index is -1.16. The Hall–Kier alpha value is -4.21. The number of likely N-dealkylation sites (tertiary alicyclic amines) is 1. The molecule has 2 aliphatic heterocycles. The molecule has 0 bridgehead atoms. The van der Waals surface area contributed by atoms with Gasteiger partial charge in [0, 0.05) is 31.2 Å². The Morgan fingerprint density at radius 3 is 2.37 bits per heavy atom. The first kappa shape index (κ1) is 37.6. The number of ketones is 1. The van der Waals surface area contributed by atoms with Crippen LogP contribution in [0.15, 0.2) is 11.0 Å². The maximum Gasteiger partial charge on any atom is 0.315 e. The number of primary amides is 1. The fourth-order valence-electron chi connectivity index (χ4n) is 5.90. The van der Waals surface area contributed by atoms with Gasteiger partial charge in [0.05, 0.1) is 28.9 Å². The van der Waals surface area contributed by atoms with Crippen LogP contribution >= 0.6 is 11.8 Å². The number of fused-ring (bicyclic) bond motifs is 1. The van der Waals surface area contributed by atoms with Gasteiger partial charge in [-0.3, -0.25) is 23.9 Å². The van der Waals surface area contributed by atoms with Crippen LogP contribution in [0.25, 0.3) is 11.5 Å². The number of Topliss-reactive ketones (excluding diaryl/α,β-unsaturated/α-hetero) is 1. The monoisotopic (exact) mass is 699 g/mol. The number of ether oxygens (including phenoxy) is 1. The van der Waals surface area contributed by atoms with Gasteiger partial charge in [-0.05, 0) is 45.6 Å². The summed E-state index contributed by atoms with van der Waals surface area (Å²) in [5.41, 5.74) is 6.34. The Bertz CT molecular complexity index is 1610. The SMILES string of the molecule is CCC[C@H](NC(=O)[C@@H]1C[C@@H](Oc2nc(-c3cc(C)nn3C)nc3c2SCC3)CN1C(=O)[C@@H](NC(=O)NC(C)(C)C)C(C)(C)C)C(=O)C(N)=O. The molecular weight excluding hydrogens is 650 g/mol. The number of hydrogen-bond donors (Lipinski definition) is 4. The van der Waals surface area contributed by atoms with E-state index in [1.165, 1.54) is 4.90 Å². The van der Waals surface area contributed by atoms with Gasteiger partial charge in [0.15, 0.2) is 5.82 Å². The number of aryl methyl sites for hydroxylation is 3. The minimum absolute atomic E-state index is 0.00211. The summed E-state index contributed by atoms with van der Waals surface area (Å²) in [4.78, 5) is 77.4. The third-order valence-corrected chi connectivity index (χ3v) is 9.29. The number of carbonyl (C=O) groups excluding carboxylic acids is 5. The van der Waals surface area contributed by atoms with Crippen molar-refractivity contribution in [3.05, 3.63) is 17.5 Å². The molecule has 0 radical (unpaired) electrons. The summed E-state index contributed by atoms with van der Waals surface area (Å²) in [5.74, 6) is -1.60. The molecule has 4 heterocycles. The fourth-order valence-corrected chi connectivity index (χ4v) is 6.94. The van der Waals surface area contributed by atoms with Crippen molar-refractivity contribution < 1.29 is 28.7 Å². The third kappa shape index (κ3) is 9.08. The molecule has 0 aromatic carbocycles. The zero-order valence-corrected chi connectivity index (χ0v) is 30.6. The lowest BCUT2D eigenvalue weighted by atomic mass is 9.85. The van der Waals surface area contributed by atoms with Crippen molar-refractivity contribution in [2.24, 2.45) is 18.2 Å². The Labute approximate surface area is 291 Å². The van der Waals surface area contributed by atoms with Crippen LogP contribution in [0.1, 0.15) is 79.1 Å². The van der Waals surface area contributed by atoms with Gasteiger partial charge in [0.25, 0.3) is 5.91 Å². The van der Waals surface area contributed by atoms with E-state index < -0.39 is 64.7 Å². The zero-order chi connectivity index (χ0) is 36.4. The quantitative estimate of drug-likeness (QED) is 0.251. The molecule has 16 heteroatoms. The van der Waals surface area contributed by atoms with E-state index in [1.807, 2.05) is 68.5 Å². The van der Waals surface area contributed by atoms with Crippen LogP contribution in [0.3, 0.4) is 0 Å². The van der Waals surface area contributed by atoms with E-state index in [0.29, 0.717) is 18.1 Å². The van der Waals surface area contributed by atoms with E-state index in [9.17, 15) is 24.0 Å². The molecule has 268 valence electrons. The second-order valence-electron chi connectivity index (χ2n) is 14.7. The van der Waals surface area contributed by atoms with Crippen LogP contribution in [-0.2, 0) is 32.6 Å². The molecule has 15 nitrogen and oxygen atoms in total. The van der Waals surface area contributed by atoms with Crippen molar-refractivity contribution in [2.75, 3.05) is 12.3 Å². The fraction of sp³-hybridized carbons (Fsp3) is 0.636. The zero-order valence-electron chi connectivity index (χ0n) is 29.8. The minimum Gasteiger partial charge on any atom is -0.471 e. The molecule has 2 aromatic rings. The predicted molar refractivity (Wildman–Crippen MR) is 184 cm³/mol. The molecule has 5 N–H and O–H groups in total. The number of carbonyl (C=O) groups is 5. The van der Waals surface area contributed by atoms with E-state index in [1.54, 1.807) is 16.4 Å². The van der Waals surface area contributed by atoms with E-state index in [-0.39, 0.29) is 19.4 Å². The third-order valence-electron chi connectivity index (χ3n) is 8.18. The normalized spacial score (nSPS) is 18.8. The second kappa shape index (κ2) is 14.7. The molecule has 4 atom stereocenters. The van der Waals surface area contributed by atoms with Gasteiger partial charge in [0.1, 0.15) is 23.9 Å². The van der Waals surface area contributed by atoms with Gasteiger partial charge in [-0.15, -0.1) is 11.8 Å². The van der Waals surface area contributed by atoms with E-state index in [4.69, 9.17) is 20.4 Å². The lowest BCUT2D eigenvalue weighted by molar-refractivity contribution is -0.143. The summed E-state index contributed by atoms with van der Waals surface area (Å²) in [6.07, 6.45) is 0.799. The first-order chi connectivity index (χ1) is 22.8. The van der Waals surface area contributed by atoms with E-state index in [0.717, 1.165) is 34.2 Å². The second-order valence-corrected chi connectivity index (χ2v) is 15.8. The highest BCUT2D eigenvalue weighted by Gasteiger charge is 2.47. The van der Waals surface area contributed by atoms with Crippen LogP contribution in [-0.4, -0.2) is 96.3 Å². The molecule has 0 saturated carbocycles. The molecule has 2 aliphatic rings. The van der Waals surface area contributed by atoms with Crippen molar-refractivity contribution in [2.45, 2.75) is 116 Å². The summed E-state index contributed by atoms with van der Waals surface area (Å²) in [6, 6.07) is -1.90. The van der Waals surface area contributed by atoms with Gasteiger partial charge < -0.3 is 31.3 Å². The van der Waals surface area contributed by atoms with Crippen molar-refractivity contribution in [3.63, 3.8) is 0 Å². The summed E-state index contributed by atoms with van der Waals surface area (Å²) in [5, 5.41) is 12.7. The predicted octanol–water partition coefficient (Wildman–Crippen LogP) is 2.03. The first-order valence-electron chi connectivity index (χ1n) is 16.5. The van der Waals surface area contributed by atoms with Crippen LogP contribution in [0.2, 0.25) is 0 Å². The van der Waals surface area contributed by atoms with Gasteiger partial charge in [-0.2, -0.15) is 10.1 Å². The maximum absolute atomic E-state index is 14.4. The highest BCUT2D eigenvalue weighted by molar-refractivity contribution is 7.99. The van der Waals surface area contributed by atoms with Crippen molar-refractivity contribution in [1.29, 1.82) is 0 Å². The topological polar surface area (TPSA) is 204 Å².